The normalized spacial score (nSPS) is 23.1. The Labute approximate surface area is 110 Å². The summed E-state index contributed by atoms with van der Waals surface area (Å²) in [6, 6.07) is 0. The van der Waals surface area contributed by atoms with Crippen LogP contribution in [0.2, 0.25) is 0 Å². The van der Waals surface area contributed by atoms with Gasteiger partial charge in [-0.3, -0.25) is 0 Å². The summed E-state index contributed by atoms with van der Waals surface area (Å²) in [7, 11) is 1.90. The predicted octanol–water partition coefficient (Wildman–Crippen LogP) is 2.98. The van der Waals surface area contributed by atoms with E-state index in [0.29, 0.717) is 0 Å². The molecule has 4 heteroatoms. The average molecular weight is 248 g/mol. The summed E-state index contributed by atoms with van der Waals surface area (Å²) < 4.78 is 0. The highest BCUT2D eigenvalue weighted by molar-refractivity contribution is 5.56. The number of aryl methyl sites for hydroxylation is 1. The standard InChI is InChI=1S/C14H24N4/c1-9-5-6-12(7-9)8-16-14-10(2)13(15-4)17-11(3)18-14/h9,12H,5-8H2,1-4H3,(H2,15,16,17,18). The van der Waals surface area contributed by atoms with Gasteiger partial charge < -0.3 is 10.6 Å². The number of anilines is 2. The van der Waals surface area contributed by atoms with Crippen LogP contribution in [0.3, 0.4) is 0 Å². The van der Waals surface area contributed by atoms with E-state index in [1.54, 1.807) is 0 Å². The van der Waals surface area contributed by atoms with Gasteiger partial charge in [-0.05, 0) is 38.5 Å². The SMILES string of the molecule is CNc1nc(C)nc(NCC2CCC(C)C2)c1C. The van der Waals surface area contributed by atoms with Gasteiger partial charge in [-0.2, -0.15) is 0 Å². The molecule has 0 aliphatic heterocycles. The molecule has 1 aliphatic rings. The zero-order valence-electron chi connectivity index (χ0n) is 11.9. The van der Waals surface area contributed by atoms with Gasteiger partial charge in [0.1, 0.15) is 17.5 Å². The molecule has 1 aliphatic carbocycles. The van der Waals surface area contributed by atoms with Crippen molar-refractivity contribution in [2.24, 2.45) is 11.8 Å². The summed E-state index contributed by atoms with van der Waals surface area (Å²) in [5.74, 6) is 4.40. The van der Waals surface area contributed by atoms with Crippen molar-refractivity contribution in [3.05, 3.63) is 11.4 Å². The predicted molar refractivity (Wildman–Crippen MR) is 76.0 cm³/mol. The molecule has 2 N–H and O–H groups in total. The number of nitrogens with one attached hydrogen (secondary N) is 2. The Bertz CT molecular complexity index is 417. The van der Waals surface area contributed by atoms with Crippen LogP contribution >= 0.6 is 0 Å². The third kappa shape index (κ3) is 2.92. The zero-order valence-corrected chi connectivity index (χ0v) is 11.9. The van der Waals surface area contributed by atoms with Crippen molar-refractivity contribution >= 4 is 11.6 Å². The van der Waals surface area contributed by atoms with E-state index in [-0.39, 0.29) is 0 Å². The Morgan fingerprint density at radius 2 is 1.89 bits per heavy atom. The fourth-order valence-electron chi connectivity index (χ4n) is 2.80. The lowest BCUT2D eigenvalue weighted by atomic mass is 10.1. The molecule has 0 aromatic carbocycles. The number of hydrogen-bond donors (Lipinski definition) is 2. The lowest BCUT2D eigenvalue weighted by Crippen LogP contribution is -2.15. The second-order valence-electron chi connectivity index (χ2n) is 5.51. The minimum Gasteiger partial charge on any atom is -0.373 e. The Morgan fingerprint density at radius 1 is 1.17 bits per heavy atom. The van der Waals surface area contributed by atoms with E-state index in [2.05, 4.69) is 34.4 Å². The van der Waals surface area contributed by atoms with Crippen LogP contribution in [0.15, 0.2) is 0 Å². The number of aromatic nitrogens is 2. The zero-order chi connectivity index (χ0) is 13.1. The highest BCUT2D eigenvalue weighted by atomic mass is 15.1. The minimum absolute atomic E-state index is 0.799. The first-order valence-electron chi connectivity index (χ1n) is 6.87. The maximum absolute atomic E-state index is 4.50. The van der Waals surface area contributed by atoms with E-state index in [1.807, 2.05) is 14.0 Å². The minimum atomic E-state index is 0.799. The molecule has 18 heavy (non-hydrogen) atoms. The monoisotopic (exact) mass is 248 g/mol. The largest absolute Gasteiger partial charge is 0.373 e. The van der Waals surface area contributed by atoms with E-state index in [9.17, 15) is 0 Å². The van der Waals surface area contributed by atoms with Gasteiger partial charge in [-0.25, -0.2) is 9.97 Å². The molecule has 1 aromatic heterocycles. The number of hydrogen-bond acceptors (Lipinski definition) is 4. The molecule has 2 rings (SSSR count). The first kappa shape index (κ1) is 13.1. The van der Waals surface area contributed by atoms with Crippen LogP contribution in [0, 0.1) is 25.7 Å². The Balaban J connectivity index is 2.02. The van der Waals surface area contributed by atoms with E-state index >= 15 is 0 Å². The quantitative estimate of drug-likeness (QED) is 0.860. The first-order valence-corrected chi connectivity index (χ1v) is 6.87. The number of nitrogens with zero attached hydrogens (tertiary/aromatic N) is 2. The molecule has 0 radical (unpaired) electrons. The van der Waals surface area contributed by atoms with Gasteiger partial charge in [-0.15, -0.1) is 0 Å². The van der Waals surface area contributed by atoms with Crippen LogP contribution in [0.4, 0.5) is 11.6 Å². The van der Waals surface area contributed by atoms with E-state index < -0.39 is 0 Å². The van der Waals surface area contributed by atoms with Gasteiger partial charge in [0, 0.05) is 19.2 Å². The first-order chi connectivity index (χ1) is 8.60. The molecule has 100 valence electrons. The van der Waals surface area contributed by atoms with Gasteiger partial charge in [-0.1, -0.05) is 13.3 Å². The van der Waals surface area contributed by atoms with E-state index in [4.69, 9.17) is 0 Å². The molecule has 1 aromatic rings. The Hall–Kier alpha value is -1.32. The van der Waals surface area contributed by atoms with Crippen molar-refractivity contribution in [2.75, 3.05) is 24.2 Å². The molecule has 2 atom stereocenters. The lowest BCUT2D eigenvalue weighted by molar-refractivity contribution is 0.536. The van der Waals surface area contributed by atoms with Crippen LogP contribution in [0.5, 0.6) is 0 Å². The summed E-state index contributed by atoms with van der Waals surface area (Å²) in [6.45, 7) is 7.37. The average Bonchev–Trinajstić information content (AvgIpc) is 2.75. The summed E-state index contributed by atoms with van der Waals surface area (Å²) in [5.41, 5.74) is 1.11. The molecule has 1 saturated carbocycles. The molecular formula is C14H24N4. The molecule has 0 amide bonds. The molecule has 1 fully saturated rings. The lowest BCUT2D eigenvalue weighted by Gasteiger charge is -2.15. The molecule has 0 bridgehead atoms. The molecular weight excluding hydrogens is 224 g/mol. The Kier molecular flexibility index (Phi) is 4.04. The van der Waals surface area contributed by atoms with Crippen LogP contribution < -0.4 is 10.6 Å². The van der Waals surface area contributed by atoms with Crippen molar-refractivity contribution in [1.82, 2.24) is 9.97 Å². The highest BCUT2D eigenvalue weighted by Crippen LogP contribution is 2.30. The molecule has 4 nitrogen and oxygen atoms in total. The van der Waals surface area contributed by atoms with E-state index in [0.717, 1.165) is 41.4 Å². The maximum Gasteiger partial charge on any atom is 0.134 e. The van der Waals surface area contributed by atoms with Crippen LogP contribution in [-0.2, 0) is 0 Å². The summed E-state index contributed by atoms with van der Waals surface area (Å²) in [5, 5.41) is 6.62. The van der Waals surface area contributed by atoms with Gasteiger partial charge in [0.15, 0.2) is 0 Å². The molecule has 0 saturated heterocycles. The Morgan fingerprint density at radius 3 is 2.50 bits per heavy atom. The second-order valence-corrected chi connectivity index (χ2v) is 5.51. The molecule has 2 unspecified atom stereocenters. The van der Waals surface area contributed by atoms with Crippen LogP contribution in [-0.4, -0.2) is 23.6 Å². The summed E-state index contributed by atoms with van der Waals surface area (Å²) in [4.78, 5) is 8.88. The van der Waals surface area contributed by atoms with Crippen molar-refractivity contribution in [3.8, 4) is 0 Å². The van der Waals surface area contributed by atoms with Crippen molar-refractivity contribution in [1.29, 1.82) is 0 Å². The van der Waals surface area contributed by atoms with Gasteiger partial charge >= 0.3 is 0 Å². The van der Waals surface area contributed by atoms with Crippen molar-refractivity contribution in [2.45, 2.75) is 40.0 Å². The fourth-order valence-corrected chi connectivity index (χ4v) is 2.80. The highest BCUT2D eigenvalue weighted by Gasteiger charge is 2.21. The van der Waals surface area contributed by atoms with Gasteiger partial charge in [0.05, 0.1) is 0 Å². The van der Waals surface area contributed by atoms with Gasteiger partial charge in [0.25, 0.3) is 0 Å². The second kappa shape index (κ2) is 5.55. The fraction of sp³-hybridized carbons (Fsp3) is 0.714. The van der Waals surface area contributed by atoms with Crippen molar-refractivity contribution in [3.63, 3.8) is 0 Å². The number of rotatable bonds is 4. The van der Waals surface area contributed by atoms with Crippen LogP contribution in [0.1, 0.15) is 37.6 Å². The van der Waals surface area contributed by atoms with Crippen molar-refractivity contribution < 1.29 is 0 Å². The smallest absolute Gasteiger partial charge is 0.134 e. The maximum atomic E-state index is 4.50. The van der Waals surface area contributed by atoms with Crippen LogP contribution in [0.25, 0.3) is 0 Å². The topological polar surface area (TPSA) is 49.8 Å². The van der Waals surface area contributed by atoms with Gasteiger partial charge in [0.2, 0.25) is 0 Å². The van der Waals surface area contributed by atoms with E-state index in [1.165, 1.54) is 19.3 Å². The molecule has 0 spiro atoms. The summed E-state index contributed by atoms with van der Waals surface area (Å²) in [6.07, 6.45) is 4.06. The molecule has 1 heterocycles. The summed E-state index contributed by atoms with van der Waals surface area (Å²) >= 11 is 0. The third-order valence-corrected chi connectivity index (χ3v) is 3.86. The third-order valence-electron chi connectivity index (χ3n) is 3.86.